The Bertz CT molecular complexity index is 846. The number of morpholine rings is 1. The lowest BCUT2D eigenvalue weighted by molar-refractivity contribution is -0.383. The maximum Gasteiger partial charge on any atom is 0.292 e. The lowest BCUT2D eigenvalue weighted by atomic mass is 10.1. The summed E-state index contributed by atoms with van der Waals surface area (Å²) in [5.74, 6) is -0.465. The van der Waals surface area contributed by atoms with Gasteiger partial charge in [-0.05, 0) is 26.0 Å². The molecule has 1 saturated heterocycles. The number of carbonyl (C=O) groups is 1. The highest BCUT2D eigenvalue weighted by Crippen LogP contribution is 2.24. The Morgan fingerprint density at radius 2 is 2.15 bits per heavy atom. The van der Waals surface area contributed by atoms with Crippen LogP contribution in [-0.2, 0) is 11.3 Å². The van der Waals surface area contributed by atoms with Crippen LogP contribution in [0.4, 0.5) is 16.5 Å². The average molecular weight is 391 g/mol. The molecule has 1 amide bonds. The van der Waals surface area contributed by atoms with Crippen LogP contribution in [0.5, 0.6) is 0 Å². The summed E-state index contributed by atoms with van der Waals surface area (Å²) in [6.07, 6.45) is 0.348. The van der Waals surface area contributed by atoms with Crippen LogP contribution in [0, 0.1) is 10.1 Å². The SMILES string of the molecule is CC1CN(Cc2csc(NC(=O)c3ccc(N)c([N+](=O)[O-])c3)n2)CC(C)O1. The Morgan fingerprint density at radius 1 is 1.44 bits per heavy atom. The Kier molecular flexibility index (Phi) is 5.68. The van der Waals surface area contributed by atoms with Crippen LogP contribution in [0.25, 0.3) is 0 Å². The summed E-state index contributed by atoms with van der Waals surface area (Å²) in [5, 5.41) is 16.0. The lowest BCUT2D eigenvalue weighted by Crippen LogP contribution is -2.44. The molecule has 10 heteroatoms. The number of nitrogens with zero attached hydrogens (tertiary/aromatic N) is 3. The number of anilines is 2. The molecule has 0 spiro atoms. The molecule has 0 saturated carbocycles. The number of nitro groups is 1. The molecule has 27 heavy (non-hydrogen) atoms. The average Bonchev–Trinajstić information content (AvgIpc) is 3.00. The number of hydrogen-bond donors (Lipinski definition) is 2. The first-order valence-corrected chi connectivity index (χ1v) is 9.37. The number of nitrogens with two attached hydrogens (primary N) is 1. The second-order valence-corrected chi connectivity index (χ2v) is 7.44. The van der Waals surface area contributed by atoms with Gasteiger partial charge >= 0.3 is 0 Å². The van der Waals surface area contributed by atoms with Crippen molar-refractivity contribution >= 4 is 33.8 Å². The molecule has 1 aliphatic rings. The molecule has 1 fully saturated rings. The number of ether oxygens (including phenoxy) is 1. The van der Waals surface area contributed by atoms with Crippen LogP contribution >= 0.6 is 11.3 Å². The second-order valence-electron chi connectivity index (χ2n) is 6.58. The number of nitrogens with one attached hydrogen (secondary N) is 1. The zero-order valence-corrected chi connectivity index (χ0v) is 15.9. The van der Waals surface area contributed by atoms with Crippen LogP contribution in [-0.4, -0.2) is 46.0 Å². The molecule has 2 heterocycles. The molecule has 0 aliphatic carbocycles. The number of hydrogen-bond acceptors (Lipinski definition) is 8. The first-order valence-electron chi connectivity index (χ1n) is 8.49. The third-order valence-electron chi connectivity index (χ3n) is 4.14. The van der Waals surface area contributed by atoms with E-state index in [0.717, 1.165) is 24.8 Å². The van der Waals surface area contributed by atoms with Gasteiger partial charge in [0, 0.05) is 36.6 Å². The van der Waals surface area contributed by atoms with Crippen molar-refractivity contribution in [3.8, 4) is 0 Å². The summed E-state index contributed by atoms with van der Waals surface area (Å²) in [5.41, 5.74) is 6.30. The summed E-state index contributed by atoms with van der Waals surface area (Å²) in [6, 6.07) is 3.96. The maximum absolute atomic E-state index is 12.4. The molecule has 2 unspecified atom stereocenters. The minimum absolute atomic E-state index is 0.0158. The Balaban J connectivity index is 1.64. The number of nitro benzene ring substituents is 1. The summed E-state index contributed by atoms with van der Waals surface area (Å²) >= 11 is 1.32. The number of amides is 1. The molecule has 0 bridgehead atoms. The lowest BCUT2D eigenvalue weighted by Gasteiger charge is -2.34. The van der Waals surface area contributed by atoms with Gasteiger partial charge in [0.1, 0.15) is 5.69 Å². The molecular weight excluding hydrogens is 370 g/mol. The van der Waals surface area contributed by atoms with Crippen molar-refractivity contribution in [3.05, 3.63) is 45.0 Å². The van der Waals surface area contributed by atoms with Gasteiger partial charge in [0.2, 0.25) is 0 Å². The highest BCUT2D eigenvalue weighted by molar-refractivity contribution is 7.13. The van der Waals surface area contributed by atoms with E-state index in [1.807, 2.05) is 19.2 Å². The topological polar surface area (TPSA) is 124 Å². The number of carbonyl (C=O) groups excluding carboxylic acids is 1. The number of nitrogen functional groups attached to an aromatic ring is 1. The first kappa shape index (κ1) is 19.2. The van der Waals surface area contributed by atoms with Gasteiger partial charge in [-0.3, -0.25) is 25.1 Å². The monoisotopic (exact) mass is 391 g/mol. The van der Waals surface area contributed by atoms with Crippen molar-refractivity contribution in [1.82, 2.24) is 9.88 Å². The smallest absolute Gasteiger partial charge is 0.292 e. The van der Waals surface area contributed by atoms with Crippen molar-refractivity contribution in [2.24, 2.45) is 0 Å². The van der Waals surface area contributed by atoms with Gasteiger partial charge in [-0.1, -0.05) is 0 Å². The van der Waals surface area contributed by atoms with Gasteiger partial charge in [-0.2, -0.15) is 0 Å². The molecule has 2 aromatic rings. The van der Waals surface area contributed by atoms with E-state index in [2.05, 4.69) is 15.2 Å². The maximum atomic E-state index is 12.4. The molecule has 2 atom stereocenters. The van der Waals surface area contributed by atoms with Crippen LogP contribution < -0.4 is 11.1 Å². The fraction of sp³-hybridized carbons (Fsp3) is 0.412. The van der Waals surface area contributed by atoms with Crippen molar-refractivity contribution in [1.29, 1.82) is 0 Å². The van der Waals surface area contributed by atoms with Crippen molar-refractivity contribution < 1.29 is 14.5 Å². The van der Waals surface area contributed by atoms with Gasteiger partial charge < -0.3 is 10.5 Å². The summed E-state index contributed by atoms with van der Waals surface area (Å²) in [6.45, 7) is 6.43. The quantitative estimate of drug-likeness (QED) is 0.456. The van der Waals surface area contributed by atoms with Gasteiger partial charge in [0.15, 0.2) is 5.13 Å². The Labute approximate surface area is 160 Å². The third kappa shape index (κ3) is 4.79. The third-order valence-corrected chi connectivity index (χ3v) is 4.95. The summed E-state index contributed by atoms with van der Waals surface area (Å²) in [7, 11) is 0. The molecule has 9 nitrogen and oxygen atoms in total. The molecule has 0 radical (unpaired) electrons. The fourth-order valence-corrected chi connectivity index (χ4v) is 3.79. The van der Waals surface area contributed by atoms with Crippen molar-refractivity contribution in [2.75, 3.05) is 24.1 Å². The van der Waals surface area contributed by atoms with E-state index in [0.29, 0.717) is 11.7 Å². The molecule has 1 aromatic heterocycles. The van der Waals surface area contributed by atoms with Gasteiger partial charge in [-0.15, -0.1) is 11.3 Å². The standard InChI is InChI=1S/C17H21N5O4S/c1-10-6-21(7-11(2)26-10)8-13-9-27-17(19-13)20-16(23)12-3-4-14(18)15(5-12)22(24)25/h3-5,9-11H,6-8,18H2,1-2H3,(H,19,20,23). The molecule has 144 valence electrons. The first-order chi connectivity index (χ1) is 12.8. The van der Waals surface area contributed by atoms with E-state index in [-0.39, 0.29) is 29.1 Å². The number of aromatic nitrogens is 1. The van der Waals surface area contributed by atoms with Crippen LogP contribution in [0.1, 0.15) is 29.9 Å². The predicted octanol–water partition coefficient (Wildman–Crippen LogP) is 2.50. The van der Waals surface area contributed by atoms with Crippen molar-refractivity contribution in [2.45, 2.75) is 32.6 Å². The van der Waals surface area contributed by atoms with Crippen LogP contribution in [0.15, 0.2) is 23.6 Å². The van der Waals surface area contributed by atoms with E-state index in [1.54, 1.807) is 0 Å². The largest absolute Gasteiger partial charge is 0.393 e. The van der Waals surface area contributed by atoms with Gasteiger partial charge in [-0.25, -0.2) is 4.98 Å². The summed E-state index contributed by atoms with van der Waals surface area (Å²) in [4.78, 5) is 29.4. The zero-order valence-electron chi connectivity index (χ0n) is 15.0. The van der Waals surface area contributed by atoms with E-state index < -0.39 is 10.8 Å². The van der Waals surface area contributed by atoms with E-state index >= 15 is 0 Å². The van der Waals surface area contributed by atoms with Gasteiger partial charge in [0.25, 0.3) is 11.6 Å². The second kappa shape index (κ2) is 7.99. The molecule has 3 N–H and O–H groups in total. The molecule has 1 aliphatic heterocycles. The molecular formula is C17H21N5O4S. The zero-order chi connectivity index (χ0) is 19.6. The Morgan fingerprint density at radius 3 is 2.81 bits per heavy atom. The van der Waals surface area contributed by atoms with E-state index in [9.17, 15) is 14.9 Å². The number of benzene rings is 1. The van der Waals surface area contributed by atoms with Crippen molar-refractivity contribution in [3.63, 3.8) is 0 Å². The Hall–Kier alpha value is -2.56. The summed E-state index contributed by atoms with van der Waals surface area (Å²) < 4.78 is 5.72. The van der Waals surface area contributed by atoms with Gasteiger partial charge in [0.05, 0.1) is 22.8 Å². The fourth-order valence-electron chi connectivity index (χ4n) is 3.09. The van der Waals surface area contributed by atoms with Crippen LogP contribution in [0.3, 0.4) is 0 Å². The molecule has 3 rings (SSSR count). The minimum Gasteiger partial charge on any atom is -0.393 e. The van der Waals surface area contributed by atoms with E-state index in [1.165, 1.54) is 23.5 Å². The number of thiazole rings is 1. The minimum atomic E-state index is -0.613. The highest BCUT2D eigenvalue weighted by Gasteiger charge is 2.23. The van der Waals surface area contributed by atoms with Crippen LogP contribution in [0.2, 0.25) is 0 Å². The van der Waals surface area contributed by atoms with E-state index in [4.69, 9.17) is 10.5 Å². The normalized spacial score (nSPS) is 20.4. The molecule has 1 aromatic carbocycles. The highest BCUT2D eigenvalue weighted by atomic mass is 32.1. The predicted molar refractivity (Wildman–Crippen MR) is 103 cm³/mol. The number of rotatable bonds is 5.